The lowest BCUT2D eigenvalue weighted by atomic mass is 10.1. The number of carbonyl (C=O) groups excluding carboxylic acids is 1. The zero-order valence-corrected chi connectivity index (χ0v) is 25.5. The van der Waals surface area contributed by atoms with E-state index in [9.17, 15) is 10.0 Å². The standard InChI is InChI=1S/C23H27Br4N3O4/c1-30(2)7-4-8-34-22-18(26)9-14(10-19(22)27)5-6-28-23(31)20(29-32)13-15-11-16(24)21(33-3)17(25)12-15/h9-12,32H,4-8,13H2,1-3H3,(H,28,31)/b29-20+. The summed E-state index contributed by atoms with van der Waals surface area (Å²) in [7, 11) is 5.64. The molecule has 0 spiro atoms. The van der Waals surface area contributed by atoms with Crippen molar-refractivity contribution >= 4 is 75.3 Å². The third-order valence-corrected chi connectivity index (χ3v) is 7.13. The van der Waals surface area contributed by atoms with Gasteiger partial charge in [0, 0.05) is 19.5 Å². The molecule has 0 heterocycles. The van der Waals surface area contributed by atoms with E-state index in [-0.39, 0.29) is 12.1 Å². The van der Waals surface area contributed by atoms with Crippen molar-refractivity contribution in [2.75, 3.05) is 40.9 Å². The summed E-state index contributed by atoms with van der Waals surface area (Å²) in [4.78, 5) is 14.7. The number of nitrogens with one attached hydrogen (secondary N) is 1. The Morgan fingerprint density at radius 3 is 2.09 bits per heavy atom. The van der Waals surface area contributed by atoms with Crippen LogP contribution in [0.15, 0.2) is 47.3 Å². The first-order chi connectivity index (χ1) is 16.2. The number of rotatable bonds is 12. The van der Waals surface area contributed by atoms with Crippen LogP contribution in [-0.4, -0.2) is 62.6 Å². The molecule has 2 aromatic rings. The van der Waals surface area contributed by atoms with Crippen LogP contribution >= 0.6 is 63.7 Å². The fourth-order valence-corrected chi connectivity index (χ4v) is 6.25. The van der Waals surface area contributed by atoms with Crippen molar-refractivity contribution in [3.63, 3.8) is 0 Å². The minimum Gasteiger partial charge on any atom is -0.494 e. The maximum Gasteiger partial charge on any atom is 0.269 e. The normalized spacial score (nSPS) is 11.6. The second-order valence-corrected chi connectivity index (χ2v) is 11.1. The maximum absolute atomic E-state index is 12.6. The van der Waals surface area contributed by atoms with E-state index in [1.165, 1.54) is 0 Å². The van der Waals surface area contributed by atoms with E-state index in [0.717, 1.165) is 47.7 Å². The van der Waals surface area contributed by atoms with Crippen molar-refractivity contribution in [3.8, 4) is 11.5 Å². The summed E-state index contributed by atoms with van der Waals surface area (Å²) >= 11 is 14.0. The van der Waals surface area contributed by atoms with Crippen LogP contribution in [0, 0.1) is 0 Å². The molecule has 0 fully saturated rings. The largest absolute Gasteiger partial charge is 0.494 e. The van der Waals surface area contributed by atoms with E-state index in [2.05, 4.69) is 79.1 Å². The molecule has 0 aliphatic carbocycles. The van der Waals surface area contributed by atoms with Crippen LogP contribution in [0.4, 0.5) is 0 Å². The van der Waals surface area contributed by atoms with Gasteiger partial charge in [0.25, 0.3) is 5.91 Å². The molecule has 0 saturated carbocycles. The molecule has 0 unspecified atom stereocenters. The molecule has 0 bridgehead atoms. The van der Waals surface area contributed by atoms with Gasteiger partial charge < -0.3 is 24.9 Å². The van der Waals surface area contributed by atoms with Gasteiger partial charge in [0.15, 0.2) is 0 Å². The van der Waals surface area contributed by atoms with Crippen molar-refractivity contribution in [3.05, 3.63) is 53.3 Å². The van der Waals surface area contributed by atoms with E-state index < -0.39 is 5.91 Å². The van der Waals surface area contributed by atoms with Crippen LogP contribution in [0.5, 0.6) is 11.5 Å². The van der Waals surface area contributed by atoms with Crippen LogP contribution in [0.2, 0.25) is 0 Å². The number of halogens is 4. The summed E-state index contributed by atoms with van der Waals surface area (Å²) < 4.78 is 14.4. The highest BCUT2D eigenvalue weighted by Gasteiger charge is 2.16. The molecule has 0 aliphatic rings. The van der Waals surface area contributed by atoms with Crippen molar-refractivity contribution in [1.82, 2.24) is 10.2 Å². The van der Waals surface area contributed by atoms with Gasteiger partial charge in [-0.1, -0.05) is 5.16 Å². The van der Waals surface area contributed by atoms with Gasteiger partial charge >= 0.3 is 0 Å². The van der Waals surface area contributed by atoms with Gasteiger partial charge in [-0.15, -0.1) is 0 Å². The van der Waals surface area contributed by atoms with Crippen molar-refractivity contribution in [1.29, 1.82) is 0 Å². The average Bonchev–Trinajstić information content (AvgIpc) is 2.76. The van der Waals surface area contributed by atoms with Crippen LogP contribution in [0.3, 0.4) is 0 Å². The molecular weight excluding hydrogens is 702 g/mol. The smallest absolute Gasteiger partial charge is 0.269 e. The molecule has 7 nitrogen and oxygen atoms in total. The van der Waals surface area contributed by atoms with Gasteiger partial charge in [0.1, 0.15) is 17.2 Å². The predicted molar refractivity (Wildman–Crippen MR) is 149 cm³/mol. The van der Waals surface area contributed by atoms with Crippen molar-refractivity contribution < 1.29 is 19.5 Å². The Kier molecular flexibility index (Phi) is 12.3. The molecule has 2 N–H and O–H groups in total. The molecule has 2 aromatic carbocycles. The number of hydrogen-bond acceptors (Lipinski definition) is 6. The molecule has 186 valence electrons. The predicted octanol–water partition coefficient (Wildman–Crippen LogP) is 5.81. The van der Waals surface area contributed by atoms with Gasteiger partial charge in [-0.05, 0) is 126 Å². The van der Waals surface area contributed by atoms with Gasteiger partial charge in [-0.2, -0.15) is 0 Å². The Bertz CT molecular complexity index is 985. The molecule has 0 aliphatic heterocycles. The van der Waals surface area contributed by atoms with Crippen molar-refractivity contribution in [2.45, 2.75) is 19.3 Å². The molecule has 0 aromatic heterocycles. The quantitative estimate of drug-likeness (QED) is 0.125. The monoisotopic (exact) mass is 725 g/mol. The number of nitrogens with zero attached hydrogens (tertiary/aromatic N) is 2. The first-order valence-electron chi connectivity index (χ1n) is 10.4. The summed E-state index contributed by atoms with van der Waals surface area (Å²) in [5.74, 6) is 0.987. The van der Waals surface area contributed by atoms with Gasteiger partial charge in [-0.25, -0.2) is 0 Å². The zero-order chi connectivity index (χ0) is 25.3. The zero-order valence-electron chi connectivity index (χ0n) is 19.1. The Balaban J connectivity index is 1.92. The minimum absolute atomic E-state index is 0.0211. The highest BCUT2D eigenvalue weighted by atomic mass is 79.9. The first-order valence-corrected chi connectivity index (χ1v) is 13.6. The Hall–Kier alpha value is -1.14. The second-order valence-electron chi connectivity index (χ2n) is 7.72. The number of carbonyl (C=O) groups is 1. The molecule has 0 atom stereocenters. The number of oxime groups is 1. The Morgan fingerprint density at radius 1 is 1.00 bits per heavy atom. The number of amides is 1. The third kappa shape index (κ3) is 8.82. The average molecular weight is 729 g/mol. The molecular formula is C23H27Br4N3O4. The number of benzene rings is 2. The van der Waals surface area contributed by atoms with E-state index in [4.69, 9.17) is 9.47 Å². The summed E-state index contributed by atoms with van der Waals surface area (Å²) in [6.45, 7) is 1.96. The first kappa shape index (κ1) is 29.1. The summed E-state index contributed by atoms with van der Waals surface area (Å²) in [6.07, 6.45) is 1.70. The second kappa shape index (κ2) is 14.4. The molecule has 0 saturated heterocycles. The van der Waals surface area contributed by atoms with E-state index in [1.807, 2.05) is 38.4 Å². The lowest BCUT2D eigenvalue weighted by Gasteiger charge is -2.14. The van der Waals surface area contributed by atoms with Crippen LogP contribution in [0.25, 0.3) is 0 Å². The number of ether oxygens (including phenoxy) is 2. The fourth-order valence-electron chi connectivity index (χ4n) is 3.14. The van der Waals surface area contributed by atoms with Gasteiger partial charge in [-0.3, -0.25) is 4.79 Å². The molecule has 2 rings (SSSR count). The van der Waals surface area contributed by atoms with Gasteiger partial charge in [0.2, 0.25) is 0 Å². The van der Waals surface area contributed by atoms with E-state index >= 15 is 0 Å². The van der Waals surface area contributed by atoms with Crippen molar-refractivity contribution in [2.24, 2.45) is 5.16 Å². The minimum atomic E-state index is -0.426. The molecule has 1 amide bonds. The maximum atomic E-state index is 12.6. The number of hydrogen-bond donors (Lipinski definition) is 2. The lowest BCUT2D eigenvalue weighted by molar-refractivity contribution is -0.115. The molecule has 0 radical (unpaired) electrons. The SMILES string of the molecule is COc1c(Br)cc(C/C(=N\O)C(=O)NCCc2cc(Br)c(OCCCN(C)C)c(Br)c2)cc1Br. The van der Waals surface area contributed by atoms with Crippen LogP contribution in [-0.2, 0) is 17.6 Å². The van der Waals surface area contributed by atoms with E-state index in [1.54, 1.807) is 7.11 Å². The Labute approximate surface area is 233 Å². The highest BCUT2D eigenvalue weighted by Crippen LogP contribution is 2.35. The lowest BCUT2D eigenvalue weighted by Crippen LogP contribution is -2.33. The summed E-state index contributed by atoms with van der Waals surface area (Å²) in [5.41, 5.74) is 1.83. The van der Waals surface area contributed by atoms with Crippen LogP contribution < -0.4 is 14.8 Å². The Morgan fingerprint density at radius 2 is 1.56 bits per heavy atom. The summed E-state index contributed by atoms with van der Waals surface area (Å²) in [6, 6.07) is 7.60. The summed E-state index contributed by atoms with van der Waals surface area (Å²) in [5, 5.41) is 15.4. The fraction of sp³-hybridized carbons (Fsp3) is 0.391. The van der Waals surface area contributed by atoms with E-state index in [0.29, 0.717) is 25.3 Å². The molecule has 34 heavy (non-hydrogen) atoms. The topological polar surface area (TPSA) is 83.4 Å². The highest BCUT2D eigenvalue weighted by molar-refractivity contribution is 9.11. The molecule has 11 heteroatoms. The number of methoxy groups -OCH3 is 1. The third-order valence-electron chi connectivity index (χ3n) is 4.77. The van der Waals surface area contributed by atoms with Gasteiger partial charge in [0.05, 0.1) is 31.6 Å². The van der Waals surface area contributed by atoms with Crippen LogP contribution in [0.1, 0.15) is 17.5 Å².